The maximum absolute atomic E-state index is 10.1. The standard InChI is InChI=1S/C27H57NO8/c1-4-24(29)20-33-14-10-6-8-12-16-35-22-26(31)18-28(3)19-27(32)23-36-17-13-9-7-11-15-34-21-25(30)5-2/h24-27,29-32H,4-23H2,1-3H3. The van der Waals surface area contributed by atoms with Crippen molar-refractivity contribution in [3.05, 3.63) is 0 Å². The van der Waals surface area contributed by atoms with E-state index in [-0.39, 0.29) is 12.2 Å². The first-order valence-electron chi connectivity index (χ1n) is 14.1. The SMILES string of the molecule is CCC(O)COCCCCCCOCC(O)CN(C)CC(O)COCCCCCCOCC(O)CC. The number of hydrogen-bond acceptors (Lipinski definition) is 9. The van der Waals surface area contributed by atoms with Gasteiger partial charge in [0.15, 0.2) is 0 Å². The van der Waals surface area contributed by atoms with E-state index in [2.05, 4.69) is 0 Å². The fourth-order valence-electron chi connectivity index (χ4n) is 3.54. The zero-order chi connectivity index (χ0) is 26.9. The minimum absolute atomic E-state index is 0.291. The number of hydrogen-bond donors (Lipinski definition) is 4. The molecule has 0 saturated heterocycles. The molecule has 218 valence electrons. The first kappa shape index (κ1) is 35.6. The number of ether oxygens (including phenoxy) is 4. The molecule has 0 aliphatic rings. The molecule has 0 aliphatic heterocycles. The first-order valence-corrected chi connectivity index (χ1v) is 14.1. The predicted molar refractivity (Wildman–Crippen MR) is 142 cm³/mol. The van der Waals surface area contributed by atoms with Crippen molar-refractivity contribution in [2.75, 3.05) is 73.0 Å². The molecule has 0 aliphatic carbocycles. The van der Waals surface area contributed by atoms with Gasteiger partial charge in [-0.3, -0.25) is 0 Å². The quantitative estimate of drug-likeness (QED) is 0.115. The molecule has 0 fully saturated rings. The lowest BCUT2D eigenvalue weighted by molar-refractivity contribution is -0.00505. The van der Waals surface area contributed by atoms with Crippen LogP contribution in [0, 0.1) is 0 Å². The summed E-state index contributed by atoms with van der Waals surface area (Å²) < 4.78 is 22.0. The number of aliphatic hydroxyl groups is 4. The maximum atomic E-state index is 10.1. The zero-order valence-electron chi connectivity index (χ0n) is 23.3. The first-order chi connectivity index (χ1) is 17.4. The molecule has 0 aromatic carbocycles. The van der Waals surface area contributed by atoms with Gasteiger partial charge >= 0.3 is 0 Å². The van der Waals surface area contributed by atoms with E-state index in [1.165, 1.54) is 0 Å². The fourth-order valence-corrected chi connectivity index (χ4v) is 3.54. The lowest BCUT2D eigenvalue weighted by atomic mass is 10.2. The topological polar surface area (TPSA) is 121 Å². The molecule has 0 heterocycles. The van der Waals surface area contributed by atoms with Gasteiger partial charge in [0.1, 0.15) is 0 Å². The van der Waals surface area contributed by atoms with Crippen molar-refractivity contribution in [3.8, 4) is 0 Å². The lowest BCUT2D eigenvalue weighted by Crippen LogP contribution is -2.38. The van der Waals surface area contributed by atoms with Gasteiger partial charge in [0.2, 0.25) is 0 Å². The molecule has 9 nitrogen and oxygen atoms in total. The van der Waals surface area contributed by atoms with Crippen LogP contribution in [0.5, 0.6) is 0 Å². The van der Waals surface area contributed by atoms with Crippen LogP contribution in [0.1, 0.15) is 78.1 Å². The van der Waals surface area contributed by atoms with Gasteiger partial charge in [-0.2, -0.15) is 0 Å². The van der Waals surface area contributed by atoms with Crippen LogP contribution in [0.3, 0.4) is 0 Å². The number of rotatable bonds is 28. The summed E-state index contributed by atoms with van der Waals surface area (Å²) in [6, 6.07) is 0. The Morgan fingerprint density at radius 1 is 0.472 bits per heavy atom. The van der Waals surface area contributed by atoms with Crippen LogP contribution < -0.4 is 0 Å². The third kappa shape index (κ3) is 25.3. The van der Waals surface area contributed by atoms with E-state index in [1.807, 2.05) is 25.8 Å². The Kier molecular flexibility index (Phi) is 26.0. The van der Waals surface area contributed by atoms with Gasteiger partial charge in [-0.25, -0.2) is 0 Å². The highest BCUT2D eigenvalue weighted by Gasteiger charge is 2.13. The third-order valence-electron chi connectivity index (χ3n) is 5.88. The molecule has 36 heavy (non-hydrogen) atoms. The second-order valence-corrected chi connectivity index (χ2v) is 9.78. The number of likely N-dealkylation sites (N-methyl/N-ethyl adjacent to an activating group) is 1. The molecule has 0 amide bonds. The molecule has 0 spiro atoms. The van der Waals surface area contributed by atoms with Crippen molar-refractivity contribution in [1.82, 2.24) is 4.90 Å². The van der Waals surface area contributed by atoms with E-state index in [0.717, 1.165) is 64.2 Å². The third-order valence-corrected chi connectivity index (χ3v) is 5.88. The van der Waals surface area contributed by atoms with E-state index in [4.69, 9.17) is 18.9 Å². The molecular formula is C27H57NO8. The van der Waals surface area contributed by atoms with Gasteiger partial charge in [-0.05, 0) is 45.6 Å². The molecule has 0 aromatic rings. The van der Waals surface area contributed by atoms with Gasteiger partial charge in [-0.1, -0.05) is 39.5 Å². The summed E-state index contributed by atoms with van der Waals surface area (Å²) in [6.07, 6.45) is 7.67. The normalized spacial score (nSPS) is 15.3. The van der Waals surface area contributed by atoms with Crippen LogP contribution in [0.25, 0.3) is 0 Å². The molecular weight excluding hydrogens is 466 g/mol. The fraction of sp³-hybridized carbons (Fsp3) is 1.00. The Bertz CT molecular complexity index is 408. The molecule has 0 bridgehead atoms. The van der Waals surface area contributed by atoms with E-state index in [9.17, 15) is 20.4 Å². The summed E-state index contributed by atoms with van der Waals surface area (Å²) in [6.45, 7) is 8.79. The maximum Gasteiger partial charge on any atom is 0.0900 e. The van der Waals surface area contributed by atoms with Crippen molar-refractivity contribution in [3.63, 3.8) is 0 Å². The number of aliphatic hydroxyl groups excluding tert-OH is 4. The molecule has 0 saturated carbocycles. The van der Waals surface area contributed by atoms with E-state index in [0.29, 0.717) is 65.9 Å². The van der Waals surface area contributed by atoms with Gasteiger partial charge in [0, 0.05) is 39.5 Å². The van der Waals surface area contributed by atoms with Crippen LogP contribution >= 0.6 is 0 Å². The van der Waals surface area contributed by atoms with Gasteiger partial charge in [-0.15, -0.1) is 0 Å². The van der Waals surface area contributed by atoms with Crippen LogP contribution in [0.2, 0.25) is 0 Å². The number of nitrogens with zero attached hydrogens (tertiary/aromatic N) is 1. The van der Waals surface area contributed by atoms with Crippen LogP contribution in [-0.4, -0.2) is 123 Å². The summed E-state index contributed by atoms with van der Waals surface area (Å²) in [4.78, 5) is 1.90. The van der Waals surface area contributed by atoms with Crippen molar-refractivity contribution in [1.29, 1.82) is 0 Å². The Morgan fingerprint density at radius 2 is 0.750 bits per heavy atom. The largest absolute Gasteiger partial charge is 0.391 e. The minimum Gasteiger partial charge on any atom is -0.391 e. The molecule has 4 N–H and O–H groups in total. The van der Waals surface area contributed by atoms with Crippen LogP contribution in [-0.2, 0) is 18.9 Å². The highest BCUT2D eigenvalue weighted by molar-refractivity contribution is 4.65. The zero-order valence-corrected chi connectivity index (χ0v) is 23.3. The lowest BCUT2D eigenvalue weighted by Gasteiger charge is -2.23. The summed E-state index contributed by atoms with van der Waals surface area (Å²) >= 11 is 0. The average molecular weight is 524 g/mol. The highest BCUT2D eigenvalue weighted by atomic mass is 16.5. The average Bonchev–Trinajstić information content (AvgIpc) is 2.85. The molecule has 4 unspecified atom stereocenters. The predicted octanol–water partition coefficient (Wildman–Crippen LogP) is 2.37. The smallest absolute Gasteiger partial charge is 0.0900 e. The molecule has 9 heteroatoms. The van der Waals surface area contributed by atoms with Crippen LogP contribution in [0.15, 0.2) is 0 Å². The Hall–Kier alpha value is -0.360. The second-order valence-electron chi connectivity index (χ2n) is 9.78. The second kappa shape index (κ2) is 26.3. The van der Waals surface area contributed by atoms with Crippen molar-refractivity contribution < 1.29 is 39.4 Å². The number of unbranched alkanes of at least 4 members (excludes halogenated alkanes) is 6. The summed E-state index contributed by atoms with van der Waals surface area (Å²) in [5.74, 6) is 0. The van der Waals surface area contributed by atoms with Crippen molar-refractivity contribution in [2.45, 2.75) is 102 Å². The monoisotopic (exact) mass is 523 g/mol. The molecule has 0 radical (unpaired) electrons. The summed E-state index contributed by atoms with van der Waals surface area (Å²) in [5.41, 5.74) is 0. The Balaban J connectivity index is 3.47. The van der Waals surface area contributed by atoms with E-state index >= 15 is 0 Å². The van der Waals surface area contributed by atoms with Gasteiger partial charge in [0.25, 0.3) is 0 Å². The van der Waals surface area contributed by atoms with Gasteiger partial charge in [0.05, 0.1) is 50.8 Å². The van der Waals surface area contributed by atoms with E-state index < -0.39 is 12.2 Å². The minimum atomic E-state index is -0.587. The van der Waals surface area contributed by atoms with Crippen molar-refractivity contribution in [2.24, 2.45) is 0 Å². The Morgan fingerprint density at radius 3 is 1.03 bits per heavy atom. The van der Waals surface area contributed by atoms with Crippen molar-refractivity contribution >= 4 is 0 Å². The van der Waals surface area contributed by atoms with E-state index in [1.54, 1.807) is 0 Å². The highest BCUT2D eigenvalue weighted by Crippen LogP contribution is 2.04. The van der Waals surface area contributed by atoms with Gasteiger partial charge < -0.3 is 44.3 Å². The summed E-state index contributed by atoms with van der Waals surface area (Å²) in [5, 5.41) is 39.1. The molecule has 0 aromatic heterocycles. The molecule has 4 atom stereocenters. The molecule has 0 rings (SSSR count). The Labute approximate surface area is 220 Å². The summed E-state index contributed by atoms with van der Waals surface area (Å²) in [7, 11) is 1.87. The van der Waals surface area contributed by atoms with Crippen LogP contribution in [0.4, 0.5) is 0 Å².